The molecule has 2 unspecified atom stereocenters. The fraction of sp³-hybridized carbons (Fsp3) is 0.940. The first kappa shape index (κ1) is 84.1. The Morgan fingerprint density at radius 2 is 0.535 bits per heavy atom. The van der Waals surface area contributed by atoms with Gasteiger partial charge in [0, 0.05) is 25.7 Å². The minimum atomic E-state index is -4.95. The van der Waals surface area contributed by atoms with Gasteiger partial charge in [0.05, 0.1) is 26.4 Å². The van der Waals surface area contributed by atoms with Crippen molar-refractivity contribution in [2.24, 2.45) is 5.92 Å². The number of hydrogen-bond donors (Lipinski definition) is 3. The number of aliphatic hydroxyl groups excluding tert-OH is 1. The van der Waals surface area contributed by atoms with Crippen LogP contribution in [0.4, 0.5) is 0 Å². The summed E-state index contributed by atoms with van der Waals surface area (Å²) in [5.41, 5.74) is 0. The lowest BCUT2D eigenvalue weighted by molar-refractivity contribution is -0.161. The molecule has 0 radical (unpaired) electrons. The molecule has 0 aliphatic rings. The van der Waals surface area contributed by atoms with Crippen LogP contribution in [-0.2, 0) is 65.4 Å². The Morgan fingerprint density at radius 3 is 0.791 bits per heavy atom. The summed E-state index contributed by atoms with van der Waals surface area (Å²) in [4.78, 5) is 72.2. The molecule has 0 spiro atoms. The van der Waals surface area contributed by atoms with Crippen molar-refractivity contribution < 1.29 is 80.2 Å². The standard InChI is InChI=1S/C67H130O17P2/c1-6-9-12-15-18-20-22-23-24-28-32-36-41-46-51-65(70)78-57-63(84-67(72)53-48-43-38-33-29-26-25-27-30-35-39-44-49-60(4)5)59-82-86(75,76)80-55-61(68)54-79-85(73,74)81-58-62(56-77-64(69)50-45-40-34-17-14-11-8-3)83-66(71)52-47-42-37-31-21-19-16-13-10-7-2/h60-63,68H,6-59H2,1-5H3,(H,73,74)(H,75,76)/t61-,62+,63+/m0/s1. The van der Waals surface area contributed by atoms with E-state index in [9.17, 15) is 43.2 Å². The van der Waals surface area contributed by atoms with Gasteiger partial charge in [0.2, 0.25) is 0 Å². The maximum Gasteiger partial charge on any atom is 0.472 e. The van der Waals surface area contributed by atoms with Crippen LogP contribution in [0.2, 0.25) is 0 Å². The molecule has 0 fully saturated rings. The predicted octanol–water partition coefficient (Wildman–Crippen LogP) is 19.0. The van der Waals surface area contributed by atoms with Crippen LogP contribution in [0.25, 0.3) is 0 Å². The lowest BCUT2D eigenvalue weighted by atomic mass is 10.0. The Morgan fingerprint density at radius 1 is 0.314 bits per heavy atom. The lowest BCUT2D eigenvalue weighted by Gasteiger charge is -2.21. The van der Waals surface area contributed by atoms with Crippen LogP contribution in [0.15, 0.2) is 0 Å². The van der Waals surface area contributed by atoms with E-state index in [1.54, 1.807) is 0 Å². The minimum Gasteiger partial charge on any atom is -0.462 e. The molecule has 0 aliphatic heterocycles. The summed E-state index contributed by atoms with van der Waals surface area (Å²) in [6, 6.07) is 0. The third kappa shape index (κ3) is 60.9. The SMILES string of the molecule is CCCCCCCCCCCCCCCCC(=O)OC[C@H](COP(=O)(O)OC[C@@H](O)COP(=O)(O)OC[C@@H](COC(=O)CCCCCCCCC)OC(=O)CCCCCCCCCCCC)OC(=O)CCCCCCCCCCCCCCC(C)C. The summed E-state index contributed by atoms with van der Waals surface area (Å²) in [5.74, 6) is -1.35. The average molecular weight is 1270 g/mol. The molecule has 3 N–H and O–H groups in total. The molecule has 0 saturated carbocycles. The molecule has 0 aromatic carbocycles. The third-order valence-corrected chi connectivity index (χ3v) is 17.4. The molecule has 0 aromatic heterocycles. The summed E-state index contributed by atoms with van der Waals surface area (Å²) >= 11 is 0. The Balaban J connectivity index is 5.20. The molecule has 0 aromatic rings. The number of ether oxygens (including phenoxy) is 4. The average Bonchev–Trinajstić information content (AvgIpc) is 3.62. The number of phosphoric acid groups is 2. The smallest absolute Gasteiger partial charge is 0.462 e. The summed E-state index contributed by atoms with van der Waals surface area (Å²) in [5, 5.41) is 10.5. The quantitative estimate of drug-likeness (QED) is 0.0222. The van der Waals surface area contributed by atoms with E-state index in [2.05, 4.69) is 34.6 Å². The molecular weight excluding hydrogens is 1140 g/mol. The zero-order valence-corrected chi connectivity index (χ0v) is 57.2. The van der Waals surface area contributed by atoms with E-state index < -0.39 is 97.5 Å². The fourth-order valence-corrected chi connectivity index (χ4v) is 11.7. The molecule has 5 atom stereocenters. The predicted molar refractivity (Wildman–Crippen MR) is 345 cm³/mol. The summed E-state index contributed by atoms with van der Waals surface area (Å²) in [7, 11) is -9.89. The maximum atomic E-state index is 13.0. The van der Waals surface area contributed by atoms with Crippen LogP contribution >= 0.6 is 15.6 Å². The molecule has 17 nitrogen and oxygen atoms in total. The highest BCUT2D eigenvalue weighted by atomic mass is 31.2. The van der Waals surface area contributed by atoms with Gasteiger partial charge < -0.3 is 33.8 Å². The van der Waals surface area contributed by atoms with Crippen molar-refractivity contribution in [3.05, 3.63) is 0 Å². The van der Waals surface area contributed by atoms with Gasteiger partial charge in [-0.05, 0) is 31.6 Å². The van der Waals surface area contributed by atoms with E-state index in [-0.39, 0.29) is 25.7 Å². The highest BCUT2D eigenvalue weighted by molar-refractivity contribution is 7.47. The van der Waals surface area contributed by atoms with Crippen molar-refractivity contribution in [3.63, 3.8) is 0 Å². The van der Waals surface area contributed by atoms with E-state index in [0.717, 1.165) is 109 Å². The number of aliphatic hydroxyl groups is 1. The maximum absolute atomic E-state index is 13.0. The van der Waals surface area contributed by atoms with E-state index in [4.69, 9.17) is 37.0 Å². The monoisotopic (exact) mass is 1270 g/mol. The number of unbranched alkanes of at least 4 members (excludes halogenated alkanes) is 39. The second-order valence-electron chi connectivity index (χ2n) is 24.7. The first-order valence-electron chi connectivity index (χ1n) is 35.1. The summed E-state index contributed by atoms with van der Waals surface area (Å²) in [6.07, 6.45) is 45.8. The van der Waals surface area contributed by atoms with Crippen LogP contribution in [0.1, 0.15) is 343 Å². The second kappa shape index (κ2) is 60.6. The zero-order valence-electron chi connectivity index (χ0n) is 55.4. The van der Waals surface area contributed by atoms with Gasteiger partial charge in [0.25, 0.3) is 0 Å². The van der Waals surface area contributed by atoms with Crippen molar-refractivity contribution >= 4 is 39.5 Å². The normalized spacial score (nSPS) is 14.2. The molecule has 0 bridgehead atoms. The third-order valence-electron chi connectivity index (χ3n) is 15.5. The Hall–Kier alpha value is -1.94. The van der Waals surface area contributed by atoms with Crippen LogP contribution in [0.5, 0.6) is 0 Å². The van der Waals surface area contributed by atoms with Gasteiger partial charge >= 0.3 is 39.5 Å². The summed E-state index contributed by atoms with van der Waals surface area (Å²) in [6.45, 7) is 7.19. The van der Waals surface area contributed by atoms with E-state index >= 15 is 0 Å². The van der Waals surface area contributed by atoms with Crippen molar-refractivity contribution in [1.82, 2.24) is 0 Å². The number of phosphoric ester groups is 2. The van der Waals surface area contributed by atoms with Crippen LogP contribution < -0.4 is 0 Å². The minimum absolute atomic E-state index is 0.106. The van der Waals surface area contributed by atoms with E-state index in [1.165, 1.54) is 154 Å². The first-order chi connectivity index (χ1) is 41.5. The molecular formula is C67H130O17P2. The molecule has 19 heteroatoms. The van der Waals surface area contributed by atoms with Crippen LogP contribution in [-0.4, -0.2) is 96.7 Å². The first-order valence-corrected chi connectivity index (χ1v) is 38.1. The molecule has 0 heterocycles. The van der Waals surface area contributed by atoms with Crippen molar-refractivity contribution in [2.45, 2.75) is 361 Å². The Labute approximate surface area is 524 Å². The van der Waals surface area contributed by atoms with Gasteiger partial charge in [-0.25, -0.2) is 9.13 Å². The molecule has 0 saturated heterocycles. The molecule has 0 rings (SSSR count). The van der Waals surface area contributed by atoms with Gasteiger partial charge in [-0.1, -0.05) is 291 Å². The lowest BCUT2D eigenvalue weighted by Crippen LogP contribution is -2.30. The van der Waals surface area contributed by atoms with Gasteiger partial charge in [0.1, 0.15) is 19.3 Å². The van der Waals surface area contributed by atoms with Gasteiger partial charge in [0.15, 0.2) is 12.2 Å². The summed E-state index contributed by atoms with van der Waals surface area (Å²) < 4.78 is 68.0. The Bertz CT molecular complexity index is 1670. The molecule has 0 aliphatic carbocycles. The zero-order chi connectivity index (χ0) is 63.5. The van der Waals surface area contributed by atoms with E-state index in [0.29, 0.717) is 25.7 Å². The van der Waals surface area contributed by atoms with Crippen LogP contribution in [0.3, 0.4) is 0 Å². The molecule has 510 valence electrons. The van der Waals surface area contributed by atoms with Gasteiger partial charge in [-0.3, -0.25) is 37.3 Å². The number of carbonyl (C=O) groups is 4. The van der Waals surface area contributed by atoms with Gasteiger partial charge in [-0.2, -0.15) is 0 Å². The second-order valence-corrected chi connectivity index (χ2v) is 27.6. The number of hydrogen-bond acceptors (Lipinski definition) is 15. The topological polar surface area (TPSA) is 237 Å². The number of rotatable bonds is 67. The Kier molecular flexibility index (Phi) is 59.2. The van der Waals surface area contributed by atoms with Crippen molar-refractivity contribution in [3.8, 4) is 0 Å². The fourth-order valence-electron chi connectivity index (χ4n) is 10.1. The molecule has 0 amide bonds. The van der Waals surface area contributed by atoms with E-state index in [1.807, 2.05) is 0 Å². The van der Waals surface area contributed by atoms with Crippen LogP contribution in [0, 0.1) is 5.92 Å². The van der Waals surface area contributed by atoms with Crippen molar-refractivity contribution in [1.29, 1.82) is 0 Å². The highest BCUT2D eigenvalue weighted by Gasteiger charge is 2.30. The number of carbonyl (C=O) groups excluding carboxylic acids is 4. The van der Waals surface area contributed by atoms with Gasteiger partial charge in [-0.15, -0.1) is 0 Å². The highest BCUT2D eigenvalue weighted by Crippen LogP contribution is 2.45. The number of esters is 4. The van der Waals surface area contributed by atoms with Crippen molar-refractivity contribution in [2.75, 3.05) is 39.6 Å². The molecule has 86 heavy (non-hydrogen) atoms. The largest absolute Gasteiger partial charge is 0.472 e.